The molecule has 2 rings (SSSR count). The van der Waals surface area contributed by atoms with Crippen molar-refractivity contribution < 1.29 is 9.90 Å². The fourth-order valence-electron chi connectivity index (χ4n) is 2.42. The first kappa shape index (κ1) is 13.4. The average Bonchev–Trinajstić information content (AvgIpc) is 2.80. The topological polar surface area (TPSA) is 66.6 Å². The van der Waals surface area contributed by atoms with Crippen molar-refractivity contribution in [3.05, 3.63) is 28.2 Å². The summed E-state index contributed by atoms with van der Waals surface area (Å²) in [4.78, 5) is 13.1. The highest BCUT2D eigenvalue weighted by atomic mass is 79.9. The number of carboxylic acid groups (broad SMARTS) is 1. The molecule has 0 spiro atoms. The third-order valence-electron chi connectivity index (χ3n) is 3.24. The van der Waals surface area contributed by atoms with Crippen LogP contribution < -0.4 is 10.6 Å². The summed E-state index contributed by atoms with van der Waals surface area (Å²) in [7, 11) is 0. The summed E-state index contributed by atoms with van der Waals surface area (Å²) in [5, 5.41) is 8.88. The lowest BCUT2D eigenvalue weighted by Gasteiger charge is -2.25. The highest BCUT2D eigenvalue weighted by Gasteiger charge is 2.22. The summed E-state index contributed by atoms with van der Waals surface area (Å²) in [5.41, 5.74) is 8.00. The molecule has 5 heteroatoms. The first-order valence-electron chi connectivity index (χ1n) is 6.10. The number of rotatable bonds is 4. The lowest BCUT2D eigenvalue weighted by Crippen LogP contribution is -2.23. The molecule has 0 radical (unpaired) electrons. The number of nitrogens with zero attached hydrogens (tertiary/aromatic N) is 1. The summed E-state index contributed by atoms with van der Waals surface area (Å²) in [6, 6.07) is 5.42. The fraction of sp³-hybridized carbons (Fsp3) is 0.462. The zero-order valence-corrected chi connectivity index (χ0v) is 11.7. The number of benzene rings is 1. The summed E-state index contributed by atoms with van der Waals surface area (Å²) in [5.74, 6) is -0.870. The van der Waals surface area contributed by atoms with E-state index in [4.69, 9.17) is 10.8 Å². The van der Waals surface area contributed by atoms with Gasteiger partial charge in [0.15, 0.2) is 0 Å². The van der Waals surface area contributed by atoms with E-state index in [0.29, 0.717) is 0 Å². The van der Waals surface area contributed by atoms with Crippen molar-refractivity contribution >= 4 is 27.6 Å². The average molecular weight is 313 g/mol. The zero-order chi connectivity index (χ0) is 13.1. The van der Waals surface area contributed by atoms with Crippen molar-refractivity contribution in [1.82, 2.24) is 0 Å². The number of anilines is 1. The maximum absolute atomic E-state index is 10.8. The summed E-state index contributed by atoms with van der Waals surface area (Å²) in [6.45, 7) is 2.03. The predicted molar refractivity (Wildman–Crippen MR) is 74.8 cm³/mol. The molecule has 1 heterocycles. The lowest BCUT2D eigenvalue weighted by molar-refractivity contribution is -0.137. The molecule has 1 unspecified atom stereocenters. The van der Waals surface area contributed by atoms with Gasteiger partial charge in [-0.3, -0.25) is 4.79 Å². The Bertz CT molecular complexity index is 445. The van der Waals surface area contributed by atoms with E-state index < -0.39 is 12.0 Å². The SMILES string of the molecule is NC(CC(=O)O)c1c(Br)cccc1N1CCCC1. The fourth-order valence-corrected chi connectivity index (χ4v) is 3.07. The molecule has 0 aliphatic carbocycles. The Kier molecular flexibility index (Phi) is 4.24. The Morgan fingerprint density at radius 3 is 2.72 bits per heavy atom. The molecule has 1 aliphatic heterocycles. The largest absolute Gasteiger partial charge is 0.481 e. The molecule has 1 aromatic carbocycles. The van der Waals surface area contributed by atoms with Crippen molar-refractivity contribution in [2.75, 3.05) is 18.0 Å². The Balaban J connectivity index is 2.34. The molecule has 1 aliphatic rings. The molecule has 98 valence electrons. The van der Waals surface area contributed by atoms with Gasteiger partial charge >= 0.3 is 5.97 Å². The molecule has 1 fully saturated rings. The molecular weight excluding hydrogens is 296 g/mol. The van der Waals surface area contributed by atoms with Gasteiger partial charge in [-0.05, 0) is 25.0 Å². The molecule has 0 amide bonds. The second kappa shape index (κ2) is 5.71. The van der Waals surface area contributed by atoms with E-state index in [-0.39, 0.29) is 6.42 Å². The van der Waals surface area contributed by atoms with Crippen LogP contribution in [0.25, 0.3) is 0 Å². The van der Waals surface area contributed by atoms with Crippen LogP contribution in [0, 0.1) is 0 Å². The predicted octanol–water partition coefficient (Wildman–Crippen LogP) is 2.52. The van der Waals surface area contributed by atoms with E-state index in [1.807, 2.05) is 18.2 Å². The van der Waals surface area contributed by atoms with Crippen LogP contribution in [0.2, 0.25) is 0 Å². The maximum Gasteiger partial charge on any atom is 0.305 e. The molecule has 3 N–H and O–H groups in total. The summed E-state index contributed by atoms with van der Waals surface area (Å²) < 4.78 is 0.889. The van der Waals surface area contributed by atoms with Crippen LogP contribution in [0.5, 0.6) is 0 Å². The normalized spacial score (nSPS) is 16.9. The van der Waals surface area contributed by atoms with Crippen LogP contribution in [0.1, 0.15) is 30.9 Å². The molecule has 1 aromatic rings. The van der Waals surface area contributed by atoms with E-state index in [1.165, 1.54) is 12.8 Å². The van der Waals surface area contributed by atoms with Gasteiger partial charge in [0, 0.05) is 34.9 Å². The first-order chi connectivity index (χ1) is 8.59. The van der Waals surface area contributed by atoms with Crippen LogP contribution in [0.3, 0.4) is 0 Å². The summed E-state index contributed by atoms with van der Waals surface area (Å²) in [6.07, 6.45) is 2.31. The number of hydrogen-bond donors (Lipinski definition) is 2. The standard InChI is InChI=1S/C13H17BrN2O2/c14-9-4-3-5-11(16-6-1-2-7-16)13(9)10(15)8-12(17)18/h3-5,10H,1-2,6-8,15H2,(H,17,18). The van der Waals surface area contributed by atoms with Crippen LogP contribution in [-0.4, -0.2) is 24.2 Å². The summed E-state index contributed by atoms with van der Waals surface area (Å²) >= 11 is 3.49. The van der Waals surface area contributed by atoms with Crippen molar-refractivity contribution in [1.29, 1.82) is 0 Å². The number of aliphatic carboxylic acids is 1. The first-order valence-corrected chi connectivity index (χ1v) is 6.89. The zero-order valence-electron chi connectivity index (χ0n) is 10.1. The highest BCUT2D eigenvalue weighted by molar-refractivity contribution is 9.10. The smallest absolute Gasteiger partial charge is 0.305 e. The Hall–Kier alpha value is -1.07. The van der Waals surface area contributed by atoms with E-state index in [0.717, 1.165) is 28.8 Å². The van der Waals surface area contributed by atoms with Crippen molar-refractivity contribution in [3.63, 3.8) is 0 Å². The second-order valence-corrected chi connectivity index (χ2v) is 5.43. The van der Waals surface area contributed by atoms with Gasteiger partial charge in [-0.15, -0.1) is 0 Å². The minimum Gasteiger partial charge on any atom is -0.481 e. The number of hydrogen-bond acceptors (Lipinski definition) is 3. The third-order valence-corrected chi connectivity index (χ3v) is 3.93. The quantitative estimate of drug-likeness (QED) is 0.896. The molecule has 0 aromatic heterocycles. The van der Waals surface area contributed by atoms with Crippen LogP contribution >= 0.6 is 15.9 Å². The van der Waals surface area contributed by atoms with Crippen LogP contribution in [-0.2, 0) is 4.79 Å². The van der Waals surface area contributed by atoms with Gasteiger partial charge in [0.05, 0.1) is 6.42 Å². The van der Waals surface area contributed by atoms with Crippen molar-refractivity contribution in [2.24, 2.45) is 5.73 Å². The third kappa shape index (κ3) is 2.84. The number of carbonyl (C=O) groups is 1. The van der Waals surface area contributed by atoms with Gasteiger partial charge in [-0.2, -0.15) is 0 Å². The molecule has 1 saturated heterocycles. The van der Waals surface area contributed by atoms with E-state index in [1.54, 1.807) is 0 Å². The molecular formula is C13H17BrN2O2. The van der Waals surface area contributed by atoms with E-state index >= 15 is 0 Å². The van der Waals surface area contributed by atoms with Crippen LogP contribution in [0.4, 0.5) is 5.69 Å². The molecule has 1 atom stereocenters. The molecule has 18 heavy (non-hydrogen) atoms. The minimum atomic E-state index is -0.870. The Morgan fingerprint density at radius 1 is 1.44 bits per heavy atom. The molecule has 0 bridgehead atoms. The Morgan fingerprint density at radius 2 is 2.11 bits per heavy atom. The van der Waals surface area contributed by atoms with Gasteiger partial charge in [-0.1, -0.05) is 22.0 Å². The van der Waals surface area contributed by atoms with Crippen molar-refractivity contribution in [3.8, 4) is 0 Å². The number of halogens is 1. The highest BCUT2D eigenvalue weighted by Crippen LogP contribution is 2.35. The minimum absolute atomic E-state index is 0.0521. The van der Waals surface area contributed by atoms with Gasteiger partial charge < -0.3 is 15.7 Å². The monoisotopic (exact) mass is 312 g/mol. The van der Waals surface area contributed by atoms with Gasteiger partial charge in [0.1, 0.15) is 0 Å². The van der Waals surface area contributed by atoms with E-state index in [2.05, 4.69) is 20.8 Å². The van der Waals surface area contributed by atoms with Crippen molar-refractivity contribution in [2.45, 2.75) is 25.3 Å². The van der Waals surface area contributed by atoms with Gasteiger partial charge in [0.25, 0.3) is 0 Å². The maximum atomic E-state index is 10.8. The van der Waals surface area contributed by atoms with Gasteiger partial charge in [-0.25, -0.2) is 0 Å². The second-order valence-electron chi connectivity index (χ2n) is 4.57. The lowest BCUT2D eigenvalue weighted by atomic mass is 10.0. The molecule has 0 saturated carbocycles. The number of carboxylic acids is 1. The number of nitrogens with two attached hydrogens (primary N) is 1. The van der Waals surface area contributed by atoms with Gasteiger partial charge in [0.2, 0.25) is 0 Å². The van der Waals surface area contributed by atoms with E-state index in [9.17, 15) is 4.79 Å². The Labute approximate surface area is 115 Å². The van der Waals surface area contributed by atoms with Crippen LogP contribution in [0.15, 0.2) is 22.7 Å². The molecule has 4 nitrogen and oxygen atoms in total.